The summed E-state index contributed by atoms with van der Waals surface area (Å²) in [6, 6.07) is 17.4. The number of hydrogen-bond acceptors (Lipinski definition) is 9. The van der Waals surface area contributed by atoms with Crippen LogP contribution >= 0.6 is 0 Å². The van der Waals surface area contributed by atoms with Gasteiger partial charge >= 0.3 is 11.9 Å². The topological polar surface area (TPSA) is 125 Å². The molecule has 7 rings (SSSR count). The first kappa shape index (κ1) is 42.7. The van der Waals surface area contributed by atoms with Gasteiger partial charge in [0.25, 0.3) is 0 Å². The number of ether oxygens (including phenoxy) is 4. The summed E-state index contributed by atoms with van der Waals surface area (Å²) < 4.78 is 25.1. The van der Waals surface area contributed by atoms with Crippen LogP contribution in [-0.2, 0) is 28.5 Å². The zero-order valence-corrected chi connectivity index (χ0v) is 35.5. The lowest BCUT2D eigenvalue weighted by molar-refractivity contribution is -0.284. The highest BCUT2D eigenvalue weighted by Gasteiger charge is 2.63. The first-order valence-electron chi connectivity index (χ1n) is 22.3. The van der Waals surface area contributed by atoms with Gasteiger partial charge in [0.2, 0.25) is 0 Å². The Hall–Kier alpha value is -3.40. The van der Waals surface area contributed by atoms with Crippen molar-refractivity contribution in [1.29, 1.82) is 0 Å². The molecule has 0 amide bonds. The van der Waals surface area contributed by atoms with E-state index < -0.39 is 30.4 Å². The highest BCUT2D eigenvalue weighted by atomic mass is 16.7. The van der Waals surface area contributed by atoms with Gasteiger partial charge in [-0.1, -0.05) is 77.9 Å². The highest BCUT2D eigenvalue weighted by Crippen LogP contribution is 2.67. The maximum atomic E-state index is 14.0. The third-order valence-corrected chi connectivity index (χ3v) is 15.9. The molecule has 2 aromatic carbocycles. The highest BCUT2D eigenvalue weighted by molar-refractivity contribution is 5.92. The van der Waals surface area contributed by atoms with Crippen LogP contribution in [0.2, 0.25) is 0 Å². The molecule has 9 nitrogen and oxygen atoms in total. The fourth-order valence-electron chi connectivity index (χ4n) is 12.5. The van der Waals surface area contributed by atoms with E-state index in [0.29, 0.717) is 60.5 Å². The summed E-state index contributed by atoms with van der Waals surface area (Å²) in [7, 11) is 0. The molecule has 58 heavy (non-hydrogen) atoms. The first-order valence-corrected chi connectivity index (χ1v) is 22.3. The molecule has 10 unspecified atom stereocenters. The number of esters is 2. The van der Waals surface area contributed by atoms with Gasteiger partial charge in [0, 0.05) is 30.6 Å². The second kappa shape index (κ2) is 17.7. The van der Waals surface area contributed by atoms with Crippen LogP contribution in [0.1, 0.15) is 133 Å². The van der Waals surface area contributed by atoms with Gasteiger partial charge in [-0.05, 0) is 122 Å². The van der Waals surface area contributed by atoms with Crippen molar-refractivity contribution in [3.8, 4) is 0 Å². The van der Waals surface area contributed by atoms with Crippen molar-refractivity contribution in [3.63, 3.8) is 0 Å². The first-order chi connectivity index (χ1) is 27.7. The van der Waals surface area contributed by atoms with Gasteiger partial charge in [-0.15, -0.1) is 0 Å². The van der Waals surface area contributed by atoms with E-state index >= 15 is 0 Å². The van der Waals surface area contributed by atoms with Crippen molar-refractivity contribution in [3.05, 3.63) is 71.8 Å². The van der Waals surface area contributed by atoms with Gasteiger partial charge in [-0.25, -0.2) is 9.59 Å². The van der Waals surface area contributed by atoms with Gasteiger partial charge in [0.05, 0.1) is 29.9 Å². The Balaban J connectivity index is 0.990. The Morgan fingerprint density at radius 1 is 0.845 bits per heavy atom. The Morgan fingerprint density at radius 2 is 1.47 bits per heavy atom. The van der Waals surface area contributed by atoms with Crippen LogP contribution in [0.4, 0.5) is 0 Å². The number of aliphatic hydroxyl groups excluding tert-OH is 1. The molecule has 5 fully saturated rings. The summed E-state index contributed by atoms with van der Waals surface area (Å²) in [6.07, 6.45) is 5.99. The van der Waals surface area contributed by atoms with Crippen molar-refractivity contribution < 1.29 is 43.2 Å². The molecule has 4 saturated carbocycles. The Morgan fingerprint density at radius 3 is 2.10 bits per heavy atom. The molecule has 2 aromatic rings. The number of hydrogen-bond donors (Lipinski definition) is 1. The van der Waals surface area contributed by atoms with Gasteiger partial charge < -0.3 is 24.1 Å². The van der Waals surface area contributed by atoms with Gasteiger partial charge in [0.15, 0.2) is 12.4 Å². The van der Waals surface area contributed by atoms with E-state index in [1.165, 1.54) is 0 Å². The lowest BCUT2D eigenvalue weighted by atomic mass is 9.44. The lowest BCUT2D eigenvalue weighted by Crippen LogP contribution is -2.57. The van der Waals surface area contributed by atoms with Crippen molar-refractivity contribution in [2.24, 2.45) is 58.2 Å². The number of Topliss-reactive ketones (excluding diaryl/α,β-unsaturated/α-hetero) is 2. The van der Waals surface area contributed by atoms with Crippen LogP contribution in [0.3, 0.4) is 0 Å². The number of rotatable bonds is 13. The smallest absolute Gasteiger partial charge is 0.338 e. The minimum absolute atomic E-state index is 0.0436. The molecule has 1 heterocycles. The molecule has 316 valence electrons. The quantitative estimate of drug-likeness (QED) is 0.198. The number of benzene rings is 2. The number of carbonyl (C=O) groups excluding carboxylic acids is 4. The van der Waals surface area contributed by atoms with Crippen molar-refractivity contribution >= 4 is 23.5 Å². The molecule has 15 atom stereocenters. The number of aliphatic hydroxyl groups is 1. The predicted molar refractivity (Wildman–Crippen MR) is 220 cm³/mol. The fourth-order valence-corrected chi connectivity index (χ4v) is 12.5. The van der Waals surface area contributed by atoms with Crippen LogP contribution < -0.4 is 0 Å². The van der Waals surface area contributed by atoms with Crippen molar-refractivity contribution in [2.75, 3.05) is 6.61 Å². The molecule has 0 bridgehead atoms. The van der Waals surface area contributed by atoms with Crippen LogP contribution in [0.15, 0.2) is 60.7 Å². The van der Waals surface area contributed by atoms with Crippen LogP contribution in [0.25, 0.3) is 0 Å². The summed E-state index contributed by atoms with van der Waals surface area (Å²) in [5.74, 6) is 0.355. The van der Waals surface area contributed by atoms with E-state index in [1.54, 1.807) is 48.5 Å². The fraction of sp³-hybridized carbons (Fsp3) is 0.673. The zero-order chi connectivity index (χ0) is 41.4. The van der Waals surface area contributed by atoms with E-state index in [4.69, 9.17) is 18.9 Å². The van der Waals surface area contributed by atoms with Crippen LogP contribution in [0.5, 0.6) is 0 Å². The van der Waals surface area contributed by atoms with Crippen molar-refractivity contribution in [2.45, 2.75) is 143 Å². The Bertz CT molecular complexity index is 1760. The summed E-state index contributed by atoms with van der Waals surface area (Å²) in [5.41, 5.74) is 0.824. The van der Waals surface area contributed by atoms with Gasteiger partial charge in [-0.3, -0.25) is 9.59 Å². The molecule has 1 aliphatic heterocycles. The third kappa shape index (κ3) is 8.34. The maximum absolute atomic E-state index is 14.0. The summed E-state index contributed by atoms with van der Waals surface area (Å²) in [6.45, 7) is 12.9. The number of ketones is 2. The molecular weight excluding hydrogens is 733 g/mol. The lowest BCUT2D eigenvalue weighted by Gasteiger charge is -2.61. The molecule has 0 radical (unpaired) electrons. The Kier molecular flexibility index (Phi) is 13.0. The largest absolute Gasteiger partial charge is 0.454 e. The molecule has 0 aromatic heterocycles. The summed E-state index contributed by atoms with van der Waals surface area (Å²) in [5, 5.41) is 10.5. The van der Waals surface area contributed by atoms with E-state index in [2.05, 4.69) is 13.8 Å². The molecule has 9 heteroatoms. The molecule has 4 aliphatic carbocycles. The molecule has 1 saturated heterocycles. The SMILES string of the molecule is CCC1O[C@@H](OC[C@@H](C)CCC(=O)[C@@H](C)C2C(=O)CC3C4CCC5CC(O)CCC5(C)C4CCC32C)C(OC(=O)c2ccccc2)[C@@H](OC(=O)c2ccccc2)[C@@H]1C. The minimum atomic E-state index is -1.04. The minimum Gasteiger partial charge on any atom is -0.454 e. The molecular formula is C49H66O9. The standard InChI is InChI=1S/C49H66O9/c1-7-41-31(4)43(57-45(53)32-14-10-8-11-15-32)44(58-46(54)33-16-12-9-13-17-33)47(56-41)55-28-29(2)18-21-39(51)30(3)42-40(52)27-38-36-20-19-34-26-35(50)22-24-48(34,5)37(36)23-25-49(38,42)6/h8-17,29-31,34-38,41-44,47,50H,7,18-28H2,1-6H3/t29-,30+,31+,34?,35?,36?,37?,38?,41?,42?,43-,44?,47+,48?,49?/m0/s1. The summed E-state index contributed by atoms with van der Waals surface area (Å²) in [4.78, 5) is 54.8. The third-order valence-electron chi connectivity index (χ3n) is 15.9. The molecule has 1 N–H and O–H groups in total. The van der Waals surface area contributed by atoms with E-state index in [1.807, 2.05) is 39.8 Å². The van der Waals surface area contributed by atoms with Crippen LogP contribution in [-0.4, -0.2) is 65.9 Å². The second-order valence-corrected chi connectivity index (χ2v) is 19.3. The monoisotopic (exact) mass is 798 g/mol. The van der Waals surface area contributed by atoms with E-state index in [-0.39, 0.29) is 64.9 Å². The molecule has 0 spiro atoms. The van der Waals surface area contributed by atoms with Crippen molar-refractivity contribution in [1.82, 2.24) is 0 Å². The maximum Gasteiger partial charge on any atom is 0.338 e. The average Bonchev–Trinajstić information content (AvgIpc) is 3.50. The average molecular weight is 799 g/mol. The van der Waals surface area contributed by atoms with Gasteiger partial charge in [0.1, 0.15) is 17.7 Å². The van der Waals surface area contributed by atoms with E-state index in [9.17, 15) is 24.3 Å². The predicted octanol–water partition coefficient (Wildman–Crippen LogP) is 9.05. The Labute approximate surface area is 345 Å². The van der Waals surface area contributed by atoms with Crippen LogP contribution in [0, 0.1) is 58.2 Å². The zero-order valence-electron chi connectivity index (χ0n) is 35.5. The van der Waals surface area contributed by atoms with E-state index in [0.717, 1.165) is 44.9 Å². The second-order valence-electron chi connectivity index (χ2n) is 19.3. The van der Waals surface area contributed by atoms with Gasteiger partial charge in [-0.2, -0.15) is 0 Å². The number of fused-ring (bicyclic) bond motifs is 5. The normalized spacial score (nSPS) is 38.1. The molecule has 5 aliphatic rings. The summed E-state index contributed by atoms with van der Waals surface area (Å²) >= 11 is 0. The number of carbonyl (C=O) groups is 4.